The van der Waals surface area contributed by atoms with Crippen LogP contribution in [-0.4, -0.2) is 6.10 Å². The van der Waals surface area contributed by atoms with Gasteiger partial charge in [-0.2, -0.15) is 5.26 Å². The first-order chi connectivity index (χ1) is 7.58. The SMILES string of the molecule is CCC(C#N)Oc1ccc(Br)cc1[C@@H](C)N. The zero-order valence-corrected chi connectivity index (χ0v) is 11.0. The second-order valence-corrected chi connectivity index (χ2v) is 4.53. The predicted molar refractivity (Wildman–Crippen MR) is 67.1 cm³/mol. The number of halogens is 1. The minimum absolute atomic E-state index is 0.122. The molecule has 4 heteroatoms. The molecule has 0 spiro atoms. The van der Waals surface area contributed by atoms with Crippen molar-refractivity contribution in [2.75, 3.05) is 0 Å². The number of hydrogen-bond donors (Lipinski definition) is 1. The molecule has 2 N–H and O–H groups in total. The third-order valence-corrected chi connectivity index (χ3v) is 2.74. The van der Waals surface area contributed by atoms with Crippen molar-refractivity contribution >= 4 is 15.9 Å². The van der Waals surface area contributed by atoms with E-state index < -0.39 is 6.10 Å². The van der Waals surface area contributed by atoms with E-state index in [9.17, 15) is 0 Å². The van der Waals surface area contributed by atoms with Gasteiger partial charge in [0.05, 0.1) is 0 Å². The lowest BCUT2D eigenvalue weighted by Crippen LogP contribution is -2.15. The first kappa shape index (κ1) is 13.0. The van der Waals surface area contributed by atoms with E-state index in [1.54, 1.807) is 0 Å². The van der Waals surface area contributed by atoms with E-state index in [0.29, 0.717) is 12.2 Å². The summed E-state index contributed by atoms with van der Waals surface area (Å²) in [6, 6.07) is 7.62. The van der Waals surface area contributed by atoms with Gasteiger partial charge < -0.3 is 10.5 Å². The van der Waals surface area contributed by atoms with Gasteiger partial charge in [0.25, 0.3) is 0 Å². The fourth-order valence-corrected chi connectivity index (χ4v) is 1.72. The maximum Gasteiger partial charge on any atom is 0.184 e. The van der Waals surface area contributed by atoms with E-state index in [1.807, 2.05) is 32.0 Å². The number of ether oxygens (including phenoxy) is 1. The molecule has 1 aromatic carbocycles. The third kappa shape index (κ3) is 3.22. The van der Waals surface area contributed by atoms with E-state index in [4.69, 9.17) is 15.7 Å². The first-order valence-corrected chi connectivity index (χ1v) is 5.99. The smallest absolute Gasteiger partial charge is 0.184 e. The number of nitriles is 1. The second kappa shape index (κ2) is 5.88. The topological polar surface area (TPSA) is 59.0 Å². The van der Waals surface area contributed by atoms with E-state index in [-0.39, 0.29) is 6.04 Å². The maximum atomic E-state index is 8.86. The second-order valence-electron chi connectivity index (χ2n) is 3.61. The molecule has 0 amide bonds. The lowest BCUT2D eigenvalue weighted by molar-refractivity contribution is 0.248. The maximum absolute atomic E-state index is 8.86. The molecule has 0 saturated carbocycles. The van der Waals surface area contributed by atoms with Gasteiger partial charge in [-0.05, 0) is 31.5 Å². The molecule has 0 heterocycles. The van der Waals surface area contributed by atoms with Crippen LogP contribution in [0.1, 0.15) is 31.9 Å². The van der Waals surface area contributed by atoms with Crippen LogP contribution in [0.4, 0.5) is 0 Å². The molecule has 0 aromatic heterocycles. The lowest BCUT2D eigenvalue weighted by atomic mass is 10.1. The van der Waals surface area contributed by atoms with Crippen molar-refractivity contribution in [2.24, 2.45) is 5.73 Å². The number of hydrogen-bond acceptors (Lipinski definition) is 3. The summed E-state index contributed by atoms with van der Waals surface area (Å²) in [5.74, 6) is 0.687. The molecule has 2 atom stereocenters. The van der Waals surface area contributed by atoms with E-state index in [1.165, 1.54) is 0 Å². The quantitative estimate of drug-likeness (QED) is 0.923. The summed E-state index contributed by atoms with van der Waals surface area (Å²) in [5.41, 5.74) is 6.76. The first-order valence-electron chi connectivity index (χ1n) is 5.19. The number of rotatable bonds is 4. The Labute approximate surface area is 104 Å². The van der Waals surface area contributed by atoms with Crippen molar-refractivity contribution in [3.05, 3.63) is 28.2 Å². The van der Waals surface area contributed by atoms with Gasteiger partial charge in [-0.3, -0.25) is 0 Å². The lowest BCUT2D eigenvalue weighted by Gasteiger charge is -2.16. The summed E-state index contributed by atoms with van der Waals surface area (Å²) in [4.78, 5) is 0. The molecule has 1 unspecified atom stereocenters. The highest BCUT2D eigenvalue weighted by Gasteiger charge is 2.12. The van der Waals surface area contributed by atoms with Crippen molar-refractivity contribution in [1.82, 2.24) is 0 Å². The Morgan fingerprint density at radius 3 is 2.75 bits per heavy atom. The van der Waals surface area contributed by atoms with Crippen molar-refractivity contribution in [1.29, 1.82) is 5.26 Å². The number of nitrogens with two attached hydrogens (primary N) is 1. The van der Waals surface area contributed by atoms with Gasteiger partial charge in [-0.15, -0.1) is 0 Å². The molecule has 0 radical (unpaired) electrons. The van der Waals surface area contributed by atoms with Crippen LogP contribution in [0.5, 0.6) is 5.75 Å². The molecule has 0 fully saturated rings. The number of nitrogens with zero attached hydrogens (tertiary/aromatic N) is 1. The fourth-order valence-electron chi connectivity index (χ4n) is 1.34. The van der Waals surface area contributed by atoms with Crippen LogP contribution in [0.25, 0.3) is 0 Å². The molecular formula is C12H15BrN2O. The summed E-state index contributed by atoms with van der Waals surface area (Å²) >= 11 is 3.39. The molecule has 0 aliphatic carbocycles. The highest BCUT2D eigenvalue weighted by Crippen LogP contribution is 2.28. The Balaban J connectivity index is 3.00. The molecule has 86 valence electrons. The summed E-state index contributed by atoms with van der Waals surface area (Å²) in [7, 11) is 0. The highest BCUT2D eigenvalue weighted by molar-refractivity contribution is 9.10. The predicted octanol–water partition coefficient (Wildman–Crippen LogP) is 3.15. The summed E-state index contributed by atoms with van der Waals surface area (Å²) < 4.78 is 6.55. The van der Waals surface area contributed by atoms with E-state index in [0.717, 1.165) is 10.0 Å². The standard InChI is InChI=1S/C12H15BrN2O/c1-3-10(7-14)16-12-5-4-9(13)6-11(12)8(2)15/h4-6,8,10H,3,15H2,1-2H3/t8-,10?/m1/s1. The van der Waals surface area contributed by atoms with Crippen LogP contribution in [-0.2, 0) is 0 Å². The summed E-state index contributed by atoms with van der Waals surface area (Å²) in [5, 5.41) is 8.86. The van der Waals surface area contributed by atoms with Crippen molar-refractivity contribution < 1.29 is 4.74 Å². The summed E-state index contributed by atoms with van der Waals surface area (Å²) in [6.45, 7) is 3.81. The van der Waals surface area contributed by atoms with Crippen LogP contribution < -0.4 is 10.5 Å². The molecular weight excluding hydrogens is 268 g/mol. The van der Waals surface area contributed by atoms with Crippen LogP contribution in [0, 0.1) is 11.3 Å². The highest BCUT2D eigenvalue weighted by atomic mass is 79.9. The average Bonchev–Trinajstić information content (AvgIpc) is 2.27. The monoisotopic (exact) mass is 282 g/mol. The van der Waals surface area contributed by atoms with Gasteiger partial charge in [0.2, 0.25) is 0 Å². The average molecular weight is 283 g/mol. The molecule has 0 saturated heterocycles. The molecule has 0 bridgehead atoms. The fraction of sp³-hybridized carbons (Fsp3) is 0.417. The molecule has 1 rings (SSSR count). The van der Waals surface area contributed by atoms with E-state index >= 15 is 0 Å². The molecule has 0 aliphatic heterocycles. The van der Waals surface area contributed by atoms with Crippen LogP contribution in [0.3, 0.4) is 0 Å². The van der Waals surface area contributed by atoms with Crippen LogP contribution in [0.15, 0.2) is 22.7 Å². The van der Waals surface area contributed by atoms with Gasteiger partial charge in [-0.25, -0.2) is 0 Å². The van der Waals surface area contributed by atoms with E-state index in [2.05, 4.69) is 22.0 Å². The largest absolute Gasteiger partial charge is 0.475 e. The minimum atomic E-state index is -0.418. The van der Waals surface area contributed by atoms with Crippen LogP contribution >= 0.6 is 15.9 Å². The Morgan fingerprint density at radius 1 is 1.56 bits per heavy atom. The molecule has 3 nitrogen and oxygen atoms in total. The molecule has 0 aliphatic rings. The zero-order chi connectivity index (χ0) is 12.1. The Hall–Kier alpha value is -1.05. The van der Waals surface area contributed by atoms with Gasteiger partial charge >= 0.3 is 0 Å². The van der Waals surface area contributed by atoms with Crippen molar-refractivity contribution in [3.8, 4) is 11.8 Å². The Kier molecular flexibility index (Phi) is 4.78. The van der Waals surface area contributed by atoms with Gasteiger partial charge in [0, 0.05) is 16.1 Å². The van der Waals surface area contributed by atoms with Crippen LogP contribution in [0.2, 0.25) is 0 Å². The van der Waals surface area contributed by atoms with Crippen molar-refractivity contribution in [3.63, 3.8) is 0 Å². The molecule has 1 aromatic rings. The summed E-state index contributed by atoms with van der Waals surface area (Å²) in [6.07, 6.45) is 0.240. The Bertz CT molecular complexity index is 398. The normalized spacial score (nSPS) is 13.9. The van der Waals surface area contributed by atoms with Gasteiger partial charge in [0.1, 0.15) is 11.8 Å². The molecule has 16 heavy (non-hydrogen) atoms. The van der Waals surface area contributed by atoms with Crippen molar-refractivity contribution in [2.45, 2.75) is 32.4 Å². The van der Waals surface area contributed by atoms with Gasteiger partial charge in [0.15, 0.2) is 6.10 Å². The third-order valence-electron chi connectivity index (χ3n) is 2.25. The van der Waals surface area contributed by atoms with Gasteiger partial charge in [-0.1, -0.05) is 22.9 Å². The number of benzene rings is 1. The zero-order valence-electron chi connectivity index (χ0n) is 9.40. The minimum Gasteiger partial charge on any atom is -0.475 e. The Morgan fingerprint density at radius 2 is 2.25 bits per heavy atom.